The van der Waals surface area contributed by atoms with Gasteiger partial charge in [-0.05, 0) is 19.1 Å². The van der Waals surface area contributed by atoms with Crippen LogP contribution in [0.15, 0.2) is 24.3 Å². The molecule has 2 N–H and O–H groups in total. The lowest BCUT2D eigenvalue weighted by molar-refractivity contribution is 0.0690. The number of carbonyl (C=O) groups is 1. The van der Waals surface area contributed by atoms with Crippen LogP contribution in [0.25, 0.3) is 11.3 Å². The average Bonchev–Trinajstić information content (AvgIpc) is 2.87. The lowest BCUT2D eigenvalue weighted by Crippen LogP contribution is -1.97. The molecule has 0 fully saturated rings. The molecule has 2 aromatic rings. The first-order valence-corrected chi connectivity index (χ1v) is 5.64. The Bertz CT molecular complexity index is 608. The minimum absolute atomic E-state index is 0.0460. The molecular formula is C13H13FN2O3. The number of aromatic nitrogens is 2. The number of halogens is 1. The van der Waals surface area contributed by atoms with E-state index in [4.69, 9.17) is 9.84 Å². The third kappa shape index (κ3) is 2.42. The number of ether oxygens (including phenoxy) is 1. The van der Waals surface area contributed by atoms with Crippen LogP contribution in [0.2, 0.25) is 0 Å². The number of alkyl halides is 1. The van der Waals surface area contributed by atoms with E-state index < -0.39 is 12.1 Å². The fourth-order valence-electron chi connectivity index (χ4n) is 1.92. The highest BCUT2D eigenvalue weighted by molar-refractivity contribution is 5.87. The second-order valence-corrected chi connectivity index (χ2v) is 4.01. The Balaban J connectivity index is 2.57. The summed E-state index contributed by atoms with van der Waals surface area (Å²) in [7, 11) is 1.46. The minimum Gasteiger partial charge on any atom is -0.496 e. The summed E-state index contributed by atoms with van der Waals surface area (Å²) in [5.41, 5.74) is 1.19. The Morgan fingerprint density at radius 1 is 1.53 bits per heavy atom. The summed E-state index contributed by atoms with van der Waals surface area (Å²) in [4.78, 5) is 10.8. The number of nitrogens with one attached hydrogen (secondary N) is 1. The van der Waals surface area contributed by atoms with E-state index in [1.165, 1.54) is 20.1 Å². The summed E-state index contributed by atoms with van der Waals surface area (Å²) in [6, 6.07) is 6.40. The SMILES string of the molecule is COc1cccc(-c2cc(C(=O)O)[nH]n2)c1C(C)F. The zero-order valence-electron chi connectivity index (χ0n) is 10.5. The molecule has 1 aromatic carbocycles. The third-order valence-corrected chi connectivity index (χ3v) is 2.77. The van der Waals surface area contributed by atoms with Crippen LogP contribution in [-0.2, 0) is 0 Å². The van der Waals surface area contributed by atoms with Crippen LogP contribution < -0.4 is 4.74 Å². The zero-order chi connectivity index (χ0) is 14.0. The van der Waals surface area contributed by atoms with Crippen molar-refractivity contribution in [1.29, 1.82) is 0 Å². The van der Waals surface area contributed by atoms with Crippen LogP contribution >= 0.6 is 0 Å². The van der Waals surface area contributed by atoms with E-state index in [-0.39, 0.29) is 5.69 Å². The number of rotatable bonds is 4. The van der Waals surface area contributed by atoms with E-state index in [1.54, 1.807) is 18.2 Å². The number of carboxylic acid groups (broad SMARTS) is 1. The van der Waals surface area contributed by atoms with Crippen LogP contribution in [0, 0.1) is 0 Å². The fourth-order valence-corrected chi connectivity index (χ4v) is 1.92. The highest BCUT2D eigenvalue weighted by atomic mass is 19.1. The van der Waals surface area contributed by atoms with Gasteiger partial charge in [0.2, 0.25) is 0 Å². The monoisotopic (exact) mass is 264 g/mol. The van der Waals surface area contributed by atoms with E-state index in [1.807, 2.05) is 0 Å². The van der Waals surface area contributed by atoms with Crippen molar-refractivity contribution in [2.24, 2.45) is 0 Å². The fraction of sp³-hybridized carbons (Fsp3) is 0.231. The topological polar surface area (TPSA) is 75.2 Å². The van der Waals surface area contributed by atoms with Crippen molar-refractivity contribution in [1.82, 2.24) is 10.2 Å². The van der Waals surface area contributed by atoms with E-state index in [9.17, 15) is 9.18 Å². The molecule has 0 aliphatic carbocycles. The second kappa shape index (κ2) is 5.09. The highest BCUT2D eigenvalue weighted by Gasteiger charge is 2.19. The minimum atomic E-state index is -1.25. The molecule has 0 saturated heterocycles. The van der Waals surface area contributed by atoms with Gasteiger partial charge in [0.15, 0.2) is 0 Å². The van der Waals surface area contributed by atoms with Gasteiger partial charge in [0.05, 0.1) is 12.8 Å². The van der Waals surface area contributed by atoms with Crippen LogP contribution in [-0.4, -0.2) is 28.4 Å². The molecule has 0 saturated carbocycles. The Morgan fingerprint density at radius 2 is 2.26 bits per heavy atom. The molecule has 6 heteroatoms. The Morgan fingerprint density at radius 3 is 2.79 bits per heavy atom. The summed E-state index contributed by atoms with van der Waals surface area (Å²) in [5, 5.41) is 15.1. The Hall–Kier alpha value is -2.37. The van der Waals surface area contributed by atoms with E-state index in [2.05, 4.69) is 10.2 Å². The van der Waals surface area contributed by atoms with Crippen LogP contribution in [0.4, 0.5) is 4.39 Å². The molecule has 1 heterocycles. The van der Waals surface area contributed by atoms with Crippen molar-refractivity contribution in [3.05, 3.63) is 35.5 Å². The average molecular weight is 264 g/mol. The molecule has 2 rings (SSSR count). The highest BCUT2D eigenvalue weighted by Crippen LogP contribution is 2.36. The first kappa shape index (κ1) is 13.1. The number of H-pyrrole nitrogens is 1. The molecule has 0 spiro atoms. The third-order valence-electron chi connectivity index (χ3n) is 2.77. The second-order valence-electron chi connectivity index (χ2n) is 4.01. The summed E-state index contributed by atoms with van der Waals surface area (Å²) >= 11 is 0. The molecule has 0 aliphatic rings. The molecule has 1 unspecified atom stereocenters. The van der Waals surface area contributed by atoms with Gasteiger partial charge in [0.25, 0.3) is 0 Å². The molecule has 19 heavy (non-hydrogen) atoms. The van der Waals surface area contributed by atoms with Gasteiger partial charge in [-0.2, -0.15) is 5.10 Å². The summed E-state index contributed by atoms with van der Waals surface area (Å²) in [5.74, 6) is -0.705. The molecule has 5 nitrogen and oxygen atoms in total. The number of aromatic amines is 1. The van der Waals surface area contributed by atoms with Gasteiger partial charge < -0.3 is 9.84 Å². The smallest absolute Gasteiger partial charge is 0.353 e. The molecule has 0 aliphatic heterocycles. The van der Waals surface area contributed by atoms with Gasteiger partial charge in [-0.1, -0.05) is 12.1 Å². The Kier molecular flexibility index (Phi) is 3.50. The number of aromatic carboxylic acids is 1. The Labute approximate surface area is 109 Å². The van der Waals surface area contributed by atoms with Crippen molar-refractivity contribution < 1.29 is 19.0 Å². The number of hydrogen-bond donors (Lipinski definition) is 2. The van der Waals surface area contributed by atoms with Gasteiger partial charge in [-0.15, -0.1) is 0 Å². The maximum atomic E-state index is 13.8. The molecule has 1 aromatic heterocycles. The molecule has 0 amide bonds. The molecule has 100 valence electrons. The number of hydrogen-bond acceptors (Lipinski definition) is 3. The quantitative estimate of drug-likeness (QED) is 0.890. The van der Waals surface area contributed by atoms with Gasteiger partial charge in [0, 0.05) is 11.1 Å². The molecule has 1 atom stereocenters. The lowest BCUT2D eigenvalue weighted by Gasteiger charge is -2.13. The van der Waals surface area contributed by atoms with Crippen LogP contribution in [0.3, 0.4) is 0 Å². The van der Waals surface area contributed by atoms with Gasteiger partial charge in [-0.25, -0.2) is 9.18 Å². The molecule has 0 bridgehead atoms. The largest absolute Gasteiger partial charge is 0.496 e. The number of methoxy groups -OCH3 is 1. The normalized spacial score (nSPS) is 12.2. The molecular weight excluding hydrogens is 251 g/mol. The number of carboxylic acids is 1. The predicted octanol–water partition coefficient (Wildman–Crippen LogP) is 2.81. The lowest BCUT2D eigenvalue weighted by atomic mass is 10.00. The maximum Gasteiger partial charge on any atom is 0.353 e. The van der Waals surface area contributed by atoms with E-state index in [0.29, 0.717) is 22.6 Å². The maximum absolute atomic E-state index is 13.8. The van der Waals surface area contributed by atoms with Crippen molar-refractivity contribution in [3.8, 4) is 17.0 Å². The van der Waals surface area contributed by atoms with Crippen molar-refractivity contribution >= 4 is 5.97 Å². The first-order chi connectivity index (χ1) is 9.04. The molecule has 0 radical (unpaired) electrons. The first-order valence-electron chi connectivity index (χ1n) is 5.64. The van der Waals surface area contributed by atoms with E-state index >= 15 is 0 Å². The van der Waals surface area contributed by atoms with Gasteiger partial charge >= 0.3 is 5.97 Å². The number of benzene rings is 1. The van der Waals surface area contributed by atoms with Gasteiger partial charge in [0.1, 0.15) is 17.6 Å². The van der Waals surface area contributed by atoms with Crippen LogP contribution in [0.1, 0.15) is 29.1 Å². The standard InChI is InChI=1S/C13H13FN2O3/c1-7(14)12-8(4-3-5-11(12)19-2)9-6-10(13(17)18)16-15-9/h3-7H,1-2H3,(H,15,16)(H,17,18). The van der Waals surface area contributed by atoms with E-state index in [0.717, 1.165) is 0 Å². The van der Waals surface area contributed by atoms with Crippen molar-refractivity contribution in [2.75, 3.05) is 7.11 Å². The predicted molar refractivity (Wildman–Crippen MR) is 67.1 cm³/mol. The zero-order valence-corrected chi connectivity index (χ0v) is 10.5. The van der Waals surface area contributed by atoms with Gasteiger partial charge in [-0.3, -0.25) is 5.10 Å². The summed E-state index contributed by atoms with van der Waals surface area (Å²) in [6.45, 7) is 1.39. The number of nitrogens with zero attached hydrogens (tertiary/aromatic N) is 1. The summed E-state index contributed by atoms with van der Waals surface area (Å²) < 4.78 is 18.9. The van der Waals surface area contributed by atoms with Crippen molar-refractivity contribution in [2.45, 2.75) is 13.1 Å². The van der Waals surface area contributed by atoms with Crippen molar-refractivity contribution in [3.63, 3.8) is 0 Å². The van der Waals surface area contributed by atoms with Crippen LogP contribution in [0.5, 0.6) is 5.75 Å². The summed E-state index contributed by atoms with van der Waals surface area (Å²) in [6.07, 6.45) is -1.25.